The quantitative estimate of drug-likeness (QED) is 0.539. The monoisotopic (exact) mass is 174 g/mol. The summed E-state index contributed by atoms with van der Waals surface area (Å²) >= 11 is 0. The van der Waals surface area contributed by atoms with Crippen molar-refractivity contribution < 1.29 is 0 Å². The highest BCUT2D eigenvalue weighted by atomic mass is 14.9. The fraction of sp³-hybridized carbons (Fsp3) is 0.364. The molecule has 1 aliphatic rings. The number of benzene rings is 1. The smallest absolute Gasteiger partial charge is 0.125 e. The number of hydrogen-bond acceptors (Lipinski definition) is 1. The average molecular weight is 174 g/mol. The molecule has 13 heavy (non-hydrogen) atoms. The highest BCUT2D eigenvalue weighted by Crippen LogP contribution is 2.32. The summed E-state index contributed by atoms with van der Waals surface area (Å²) in [5.41, 5.74) is 6.88. The van der Waals surface area contributed by atoms with Crippen molar-refractivity contribution in [2.45, 2.75) is 19.4 Å². The molecule has 0 heterocycles. The van der Waals surface area contributed by atoms with Gasteiger partial charge in [-0.25, -0.2) is 0 Å². The summed E-state index contributed by atoms with van der Waals surface area (Å²) < 4.78 is 0. The van der Waals surface area contributed by atoms with Gasteiger partial charge in [-0.05, 0) is 12.3 Å². The van der Waals surface area contributed by atoms with Gasteiger partial charge in [0.25, 0.3) is 0 Å². The van der Waals surface area contributed by atoms with Crippen LogP contribution in [0.15, 0.2) is 35.3 Å². The molecule has 0 bridgehead atoms. The van der Waals surface area contributed by atoms with E-state index >= 15 is 0 Å². The Morgan fingerprint density at radius 1 is 1.38 bits per heavy atom. The van der Waals surface area contributed by atoms with E-state index in [4.69, 9.17) is 5.73 Å². The first-order chi connectivity index (χ1) is 6.27. The van der Waals surface area contributed by atoms with Crippen LogP contribution >= 0.6 is 0 Å². The van der Waals surface area contributed by atoms with Gasteiger partial charge in [-0.15, -0.1) is 0 Å². The van der Waals surface area contributed by atoms with Gasteiger partial charge >= 0.3 is 0 Å². The Morgan fingerprint density at radius 3 is 2.54 bits per heavy atom. The summed E-state index contributed by atoms with van der Waals surface area (Å²) in [4.78, 5) is 4.43. The molecule has 0 aliphatic heterocycles. The highest BCUT2D eigenvalue weighted by molar-refractivity contribution is 5.97. The largest absolute Gasteiger partial charge is 0.383 e. The molecule has 0 radical (unpaired) electrons. The molecule has 1 fully saturated rings. The molecule has 68 valence electrons. The highest BCUT2D eigenvalue weighted by Gasteiger charge is 2.32. The third-order valence-corrected chi connectivity index (χ3v) is 2.44. The van der Waals surface area contributed by atoms with Crippen LogP contribution in [0.5, 0.6) is 0 Å². The first-order valence-corrected chi connectivity index (χ1v) is 4.66. The number of rotatable bonds is 2. The molecule has 1 saturated carbocycles. The molecule has 0 spiro atoms. The van der Waals surface area contributed by atoms with Crippen molar-refractivity contribution >= 4 is 5.84 Å². The third-order valence-electron chi connectivity index (χ3n) is 2.44. The molecule has 0 aromatic heterocycles. The minimum atomic E-state index is 0.472. The molecule has 2 rings (SSSR count). The van der Waals surface area contributed by atoms with E-state index in [-0.39, 0.29) is 0 Å². The van der Waals surface area contributed by atoms with Gasteiger partial charge in [-0.1, -0.05) is 37.3 Å². The van der Waals surface area contributed by atoms with Crippen LogP contribution in [-0.4, -0.2) is 11.9 Å². The van der Waals surface area contributed by atoms with Crippen molar-refractivity contribution in [1.82, 2.24) is 0 Å². The van der Waals surface area contributed by atoms with E-state index in [2.05, 4.69) is 11.9 Å². The van der Waals surface area contributed by atoms with E-state index in [0.717, 1.165) is 11.5 Å². The Kier molecular flexibility index (Phi) is 2.05. The average Bonchev–Trinajstić information content (AvgIpc) is 2.83. The zero-order valence-corrected chi connectivity index (χ0v) is 7.77. The maximum atomic E-state index is 5.85. The lowest BCUT2D eigenvalue weighted by Crippen LogP contribution is -2.14. The van der Waals surface area contributed by atoms with Crippen molar-refractivity contribution in [1.29, 1.82) is 0 Å². The van der Waals surface area contributed by atoms with Crippen molar-refractivity contribution in [2.24, 2.45) is 16.6 Å². The van der Waals surface area contributed by atoms with Crippen molar-refractivity contribution in [3.8, 4) is 0 Å². The van der Waals surface area contributed by atoms with Gasteiger partial charge in [0, 0.05) is 5.56 Å². The lowest BCUT2D eigenvalue weighted by atomic mass is 10.2. The molecule has 2 nitrogen and oxygen atoms in total. The standard InChI is InChI=1S/C11H14N2/c1-8-7-10(8)13-11(12)9-5-3-2-4-6-9/h2-6,8,10H,7H2,1H3,(H2,12,13). The zero-order chi connectivity index (χ0) is 9.26. The molecule has 2 heteroatoms. The molecule has 0 amide bonds. The van der Waals surface area contributed by atoms with Gasteiger partial charge in [-0.3, -0.25) is 4.99 Å². The van der Waals surface area contributed by atoms with Crippen molar-refractivity contribution in [3.05, 3.63) is 35.9 Å². The minimum Gasteiger partial charge on any atom is -0.383 e. The summed E-state index contributed by atoms with van der Waals surface area (Å²) in [6, 6.07) is 10.4. The van der Waals surface area contributed by atoms with Gasteiger partial charge in [0.15, 0.2) is 0 Å². The summed E-state index contributed by atoms with van der Waals surface area (Å²) in [6.07, 6.45) is 1.19. The molecule has 1 aromatic carbocycles. The van der Waals surface area contributed by atoms with Gasteiger partial charge in [0.05, 0.1) is 6.04 Å². The van der Waals surface area contributed by atoms with E-state index in [1.807, 2.05) is 30.3 Å². The van der Waals surface area contributed by atoms with Gasteiger partial charge in [0.1, 0.15) is 5.84 Å². The third kappa shape index (κ3) is 1.89. The molecular weight excluding hydrogens is 160 g/mol. The lowest BCUT2D eigenvalue weighted by Gasteiger charge is -1.99. The summed E-state index contributed by atoms with van der Waals surface area (Å²) in [5, 5.41) is 0. The Bertz CT molecular complexity index is 316. The molecule has 0 saturated heterocycles. The van der Waals surface area contributed by atoms with E-state index < -0.39 is 0 Å². The van der Waals surface area contributed by atoms with Crippen LogP contribution in [0, 0.1) is 5.92 Å². The molecule has 1 aromatic rings. The first kappa shape index (κ1) is 8.30. The maximum Gasteiger partial charge on any atom is 0.125 e. The number of hydrogen-bond donors (Lipinski definition) is 1. The molecule has 2 unspecified atom stereocenters. The lowest BCUT2D eigenvalue weighted by molar-refractivity contribution is 0.894. The zero-order valence-electron chi connectivity index (χ0n) is 7.77. The summed E-state index contributed by atoms with van der Waals surface area (Å²) in [7, 11) is 0. The van der Waals surface area contributed by atoms with Crippen LogP contribution in [-0.2, 0) is 0 Å². The van der Waals surface area contributed by atoms with E-state index in [1.165, 1.54) is 6.42 Å². The second-order valence-electron chi connectivity index (χ2n) is 3.66. The summed E-state index contributed by atoms with van der Waals surface area (Å²) in [6.45, 7) is 2.20. The van der Waals surface area contributed by atoms with Crippen LogP contribution in [0.3, 0.4) is 0 Å². The molecule has 2 atom stereocenters. The number of nitrogens with zero attached hydrogens (tertiary/aromatic N) is 1. The van der Waals surface area contributed by atoms with Crippen molar-refractivity contribution in [2.75, 3.05) is 0 Å². The number of nitrogens with two attached hydrogens (primary N) is 1. The van der Waals surface area contributed by atoms with Crippen LogP contribution in [0.25, 0.3) is 0 Å². The van der Waals surface area contributed by atoms with Gasteiger partial charge in [-0.2, -0.15) is 0 Å². The predicted octanol–water partition coefficient (Wildman–Crippen LogP) is 1.80. The van der Waals surface area contributed by atoms with Crippen LogP contribution in [0.2, 0.25) is 0 Å². The van der Waals surface area contributed by atoms with Crippen LogP contribution in [0.1, 0.15) is 18.9 Å². The Labute approximate surface area is 78.5 Å². The Balaban J connectivity index is 2.13. The summed E-state index contributed by atoms with van der Waals surface area (Å²) in [5.74, 6) is 1.40. The van der Waals surface area contributed by atoms with E-state index in [1.54, 1.807) is 0 Å². The first-order valence-electron chi connectivity index (χ1n) is 4.66. The van der Waals surface area contributed by atoms with Gasteiger partial charge in [0.2, 0.25) is 0 Å². The molecule has 2 N–H and O–H groups in total. The minimum absolute atomic E-state index is 0.472. The van der Waals surface area contributed by atoms with Crippen LogP contribution in [0.4, 0.5) is 0 Å². The Hall–Kier alpha value is -1.31. The van der Waals surface area contributed by atoms with Crippen LogP contribution < -0.4 is 5.73 Å². The van der Waals surface area contributed by atoms with Gasteiger partial charge < -0.3 is 5.73 Å². The van der Waals surface area contributed by atoms with Crippen molar-refractivity contribution in [3.63, 3.8) is 0 Å². The normalized spacial score (nSPS) is 27.3. The topological polar surface area (TPSA) is 38.4 Å². The van der Waals surface area contributed by atoms with E-state index in [9.17, 15) is 0 Å². The number of amidine groups is 1. The maximum absolute atomic E-state index is 5.85. The van der Waals surface area contributed by atoms with E-state index in [0.29, 0.717) is 11.9 Å². The second kappa shape index (κ2) is 3.21. The molecule has 1 aliphatic carbocycles. The fourth-order valence-corrected chi connectivity index (χ4v) is 1.34. The number of aliphatic imine (C=N–C) groups is 1. The SMILES string of the molecule is CC1CC1N=C(N)c1ccccc1. The second-order valence-corrected chi connectivity index (χ2v) is 3.66. The molecular formula is C11H14N2. The predicted molar refractivity (Wildman–Crippen MR) is 54.7 cm³/mol. The fourth-order valence-electron chi connectivity index (χ4n) is 1.34. The Morgan fingerprint density at radius 2 is 2.00 bits per heavy atom.